The lowest BCUT2D eigenvalue weighted by Gasteiger charge is -2.19. The second-order valence-electron chi connectivity index (χ2n) is 4.81. The first-order chi connectivity index (χ1) is 9.26. The molecule has 0 bridgehead atoms. The van der Waals surface area contributed by atoms with Crippen LogP contribution in [-0.4, -0.2) is 37.0 Å². The van der Waals surface area contributed by atoms with E-state index in [9.17, 15) is 4.79 Å². The first-order valence-corrected chi connectivity index (χ1v) is 7.29. The predicted octanol–water partition coefficient (Wildman–Crippen LogP) is 2.47. The monoisotopic (exact) mass is 262 g/mol. The Labute approximate surface area is 117 Å². The standard InChI is InChI=1S/C16H26N2O/c1-3-5-13-18(4-2)14-16(19)17-12-11-15-9-7-6-8-10-15/h6-10H,3-5,11-14H2,1-2H3,(H,17,19). The first-order valence-electron chi connectivity index (χ1n) is 7.29. The molecule has 0 aromatic heterocycles. The van der Waals surface area contributed by atoms with E-state index in [1.165, 1.54) is 12.0 Å². The van der Waals surface area contributed by atoms with E-state index in [2.05, 4.69) is 36.2 Å². The molecule has 0 heterocycles. The molecule has 1 aromatic rings. The largest absolute Gasteiger partial charge is 0.355 e. The number of carbonyl (C=O) groups is 1. The van der Waals surface area contributed by atoms with Crippen molar-refractivity contribution in [3.63, 3.8) is 0 Å². The Morgan fingerprint density at radius 1 is 1.21 bits per heavy atom. The second-order valence-corrected chi connectivity index (χ2v) is 4.81. The molecule has 0 spiro atoms. The molecule has 106 valence electrons. The molecule has 0 aliphatic heterocycles. The number of carbonyl (C=O) groups excluding carboxylic acids is 1. The molecule has 0 radical (unpaired) electrons. The van der Waals surface area contributed by atoms with E-state index in [4.69, 9.17) is 0 Å². The fourth-order valence-electron chi connectivity index (χ4n) is 1.98. The van der Waals surface area contributed by atoms with Crippen molar-refractivity contribution in [2.45, 2.75) is 33.1 Å². The Kier molecular flexibility index (Phi) is 7.91. The molecule has 0 saturated carbocycles. The minimum Gasteiger partial charge on any atom is -0.355 e. The molecule has 1 amide bonds. The molecule has 0 aliphatic rings. The number of unbranched alkanes of at least 4 members (excludes halogenated alkanes) is 1. The molecule has 0 atom stereocenters. The van der Waals surface area contributed by atoms with E-state index in [0.29, 0.717) is 13.1 Å². The molecule has 0 saturated heterocycles. The highest BCUT2D eigenvalue weighted by molar-refractivity contribution is 5.77. The molecule has 0 unspecified atom stereocenters. The van der Waals surface area contributed by atoms with Crippen molar-refractivity contribution < 1.29 is 4.79 Å². The highest BCUT2D eigenvalue weighted by Crippen LogP contribution is 1.98. The van der Waals surface area contributed by atoms with Crippen LogP contribution >= 0.6 is 0 Å². The smallest absolute Gasteiger partial charge is 0.234 e. The normalized spacial score (nSPS) is 10.7. The summed E-state index contributed by atoms with van der Waals surface area (Å²) in [5.74, 6) is 0.133. The number of nitrogens with one attached hydrogen (secondary N) is 1. The summed E-state index contributed by atoms with van der Waals surface area (Å²) in [6.45, 7) is 7.46. The van der Waals surface area contributed by atoms with Crippen molar-refractivity contribution in [3.05, 3.63) is 35.9 Å². The van der Waals surface area contributed by atoms with Crippen LogP contribution in [0.4, 0.5) is 0 Å². The van der Waals surface area contributed by atoms with Crippen molar-refractivity contribution >= 4 is 5.91 Å². The van der Waals surface area contributed by atoms with Gasteiger partial charge in [-0.1, -0.05) is 50.6 Å². The van der Waals surface area contributed by atoms with Crippen molar-refractivity contribution in [3.8, 4) is 0 Å². The maximum absolute atomic E-state index is 11.8. The minimum absolute atomic E-state index is 0.133. The molecule has 1 N–H and O–H groups in total. The van der Waals surface area contributed by atoms with Crippen LogP contribution in [0.25, 0.3) is 0 Å². The van der Waals surface area contributed by atoms with Gasteiger partial charge in [0.15, 0.2) is 0 Å². The Hall–Kier alpha value is -1.35. The van der Waals surface area contributed by atoms with Crippen LogP contribution in [0.5, 0.6) is 0 Å². The summed E-state index contributed by atoms with van der Waals surface area (Å²) < 4.78 is 0. The van der Waals surface area contributed by atoms with Crippen LogP contribution in [0.3, 0.4) is 0 Å². The van der Waals surface area contributed by atoms with Crippen molar-refractivity contribution in [2.24, 2.45) is 0 Å². The Bertz CT molecular complexity index is 351. The summed E-state index contributed by atoms with van der Waals surface area (Å²) in [5, 5.41) is 2.99. The third-order valence-electron chi connectivity index (χ3n) is 3.22. The number of benzene rings is 1. The molecule has 1 rings (SSSR count). The van der Waals surface area contributed by atoms with Crippen LogP contribution in [0.15, 0.2) is 30.3 Å². The average Bonchev–Trinajstić information content (AvgIpc) is 2.44. The first kappa shape index (κ1) is 15.7. The van der Waals surface area contributed by atoms with Crippen LogP contribution in [0.1, 0.15) is 32.3 Å². The zero-order chi connectivity index (χ0) is 13.9. The molecular weight excluding hydrogens is 236 g/mol. The summed E-state index contributed by atoms with van der Waals surface area (Å²) in [4.78, 5) is 14.0. The lowest BCUT2D eigenvalue weighted by atomic mass is 10.1. The Morgan fingerprint density at radius 3 is 2.58 bits per heavy atom. The minimum atomic E-state index is 0.133. The zero-order valence-electron chi connectivity index (χ0n) is 12.2. The summed E-state index contributed by atoms with van der Waals surface area (Å²) >= 11 is 0. The summed E-state index contributed by atoms with van der Waals surface area (Å²) in [5.41, 5.74) is 1.26. The van der Waals surface area contributed by atoms with Crippen LogP contribution < -0.4 is 5.32 Å². The third kappa shape index (κ3) is 6.97. The van der Waals surface area contributed by atoms with E-state index in [-0.39, 0.29) is 5.91 Å². The van der Waals surface area contributed by atoms with Gasteiger partial charge in [0.2, 0.25) is 5.91 Å². The van der Waals surface area contributed by atoms with Crippen LogP contribution in [0, 0.1) is 0 Å². The van der Waals surface area contributed by atoms with Gasteiger partial charge in [0.05, 0.1) is 6.54 Å². The van der Waals surface area contributed by atoms with Gasteiger partial charge >= 0.3 is 0 Å². The van der Waals surface area contributed by atoms with E-state index >= 15 is 0 Å². The molecule has 19 heavy (non-hydrogen) atoms. The topological polar surface area (TPSA) is 32.3 Å². The highest BCUT2D eigenvalue weighted by atomic mass is 16.2. The molecule has 0 aliphatic carbocycles. The van der Waals surface area contributed by atoms with Crippen molar-refractivity contribution in [1.29, 1.82) is 0 Å². The molecule has 0 fully saturated rings. The van der Waals surface area contributed by atoms with Crippen LogP contribution in [-0.2, 0) is 11.2 Å². The van der Waals surface area contributed by atoms with E-state index in [1.54, 1.807) is 0 Å². The van der Waals surface area contributed by atoms with E-state index in [1.807, 2.05) is 18.2 Å². The SMILES string of the molecule is CCCCN(CC)CC(=O)NCCc1ccccc1. The fourth-order valence-corrected chi connectivity index (χ4v) is 1.98. The Balaban J connectivity index is 2.19. The fraction of sp³-hybridized carbons (Fsp3) is 0.562. The van der Waals surface area contributed by atoms with Gasteiger partial charge in [-0.25, -0.2) is 0 Å². The number of hydrogen-bond donors (Lipinski definition) is 1. The quantitative estimate of drug-likeness (QED) is 0.741. The lowest BCUT2D eigenvalue weighted by molar-refractivity contribution is -0.122. The third-order valence-corrected chi connectivity index (χ3v) is 3.22. The van der Waals surface area contributed by atoms with E-state index in [0.717, 1.165) is 25.9 Å². The maximum atomic E-state index is 11.8. The second kappa shape index (κ2) is 9.56. The molecule has 3 nitrogen and oxygen atoms in total. The zero-order valence-corrected chi connectivity index (χ0v) is 12.2. The Morgan fingerprint density at radius 2 is 1.95 bits per heavy atom. The van der Waals surface area contributed by atoms with Gasteiger partial charge in [0.1, 0.15) is 0 Å². The van der Waals surface area contributed by atoms with Gasteiger partial charge < -0.3 is 5.32 Å². The van der Waals surface area contributed by atoms with Crippen molar-refractivity contribution in [1.82, 2.24) is 10.2 Å². The summed E-state index contributed by atoms with van der Waals surface area (Å²) in [7, 11) is 0. The molecular formula is C16H26N2O. The van der Waals surface area contributed by atoms with Gasteiger partial charge in [0, 0.05) is 6.54 Å². The van der Waals surface area contributed by atoms with Crippen LogP contribution in [0.2, 0.25) is 0 Å². The maximum Gasteiger partial charge on any atom is 0.234 e. The van der Waals surface area contributed by atoms with Gasteiger partial charge in [0.25, 0.3) is 0 Å². The molecule has 1 aromatic carbocycles. The van der Waals surface area contributed by atoms with Gasteiger partial charge in [-0.3, -0.25) is 9.69 Å². The summed E-state index contributed by atoms with van der Waals surface area (Å²) in [6.07, 6.45) is 3.23. The average molecular weight is 262 g/mol. The number of amides is 1. The van der Waals surface area contributed by atoms with E-state index < -0.39 is 0 Å². The van der Waals surface area contributed by atoms with Crippen molar-refractivity contribution in [2.75, 3.05) is 26.2 Å². The highest BCUT2D eigenvalue weighted by Gasteiger charge is 2.07. The number of nitrogens with zero attached hydrogens (tertiary/aromatic N) is 1. The lowest BCUT2D eigenvalue weighted by Crippen LogP contribution is -2.38. The predicted molar refractivity (Wildman–Crippen MR) is 80.2 cm³/mol. The van der Waals surface area contributed by atoms with Gasteiger partial charge in [-0.2, -0.15) is 0 Å². The number of likely N-dealkylation sites (N-methyl/N-ethyl adjacent to an activating group) is 1. The number of rotatable bonds is 9. The summed E-state index contributed by atoms with van der Waals surface area (Å²) in [6, 6.07) is 10.2. The van der Waals surface area contributed by atoms with Gasteiger partial charge in [-0.05, 0) is 31.5 Å². The molecule has 3 heteroatoms. The number of hydrogen-bond acceptors (Lipinski definition) is 2. The van der Waals surface area contributed by atoms with Gasteiger partial charge in [-0.15, -0.1) is 0 Å².